The highest BCUT2D eigenvalue weighted by Crippen LogP contribution is 2.23. The summed E-state index contributed by atoms with van der Waals surface area (Å²) in [6.45, 7) is 4.34. The third kappa shape index (κ3) is 2.04. The highest BCUT2D eigenvalue weighted by Gasteiger charge is 2.31. The van der Waals surface area contributed by atoms with Crippen molar-refractivity contribution in [3.05, 3.63) is 6.33 Å². The molecule has 0 aliphatic carbocycles. The fraction of sp³-hybridized carbons (Fsp3) is 0.778. The van der Waals surface area contributed by atoms with Gasteiger partial charge in [-0.15, -0.1) is 0 Å². The van der Waals surface area contributed by atoms with E-state index >= 15 is 0 Å². The van der Waals surface area contributed by atoms with Crippen LogP contribution in [0.2, 0.25) is 0 Å². The van der Waals surface area contributed by atoms with Gasteiger partial charge in [-0.2, -0.15) is 4.37 Å². The lowest BCUT2D eigenvalue weighted by atomic mass is 9.94. The monoisotopic (exact) mass is 212 g/mol. The van der Waals surface area contributed by atoms with Gasteiger partial charge in [0.1, 0.15) is 6.33 Å². The van der Waals surface area contributed by atoms with Gasteiger partial charge < -0.3 is 10.6 Å². The quantitative estimate of drug-likeness (QED) is 0.794. The molecule has 2 N–H and O–H groups in total. The minimum absolute atomic E-state index is 0.283. The molecule has 4 nitrogen and oxygen atoms in total. The Balaban J connectivity index is 1.89. The number of nitrogens with one attached hydrogen (secondary N) is 2. The molecule has 1 unspecified atom stereocenters. The summed E-state index contributed by atoms with van der Waals surface area (Å²) in [5.41, 5.74) is 0.283. The van der Waals surface area contributed by atoms with Gasteiger partial charge in [-0.05, 0) is 25.8 Å². The lowest BCUT2D eigenvalue weighted by Crippen LogP contribution is -2.45. The molecule has 1 aromatic rings. The zero-order chi connectivity index (χ0) is 9.86. The third-order valence-electron chi connectivity index (χ3n) is 2.95. The van der Waals surface area contributed by atoms with Gasteiger partial charge in [-0.25, -0.2) is 4.98 Å². The Kier molecular flexibility index (Phi) is 2.98. The van der Waals surface area contributed by atoms with Crippen LogP contribution < -0.4 is 10.6 Å². The molecule has 1 aliphatic heterocycles. The van der Waals surface area contributed by atoms with Gasteiger partial charge in [0.25, 0.3) is 0 Å². The fourth-order valence-corrected chi connectivity index (χ4v) is 2.37. The minimum atomic E-state index is 0.283. The van der Waals surface area contributed by atoms with Gasteiger partial charge in [-0.1, -0.05) is 6.92 Å². The highest BCUT2D eigenvalue weighted by molar-refractivity contribution is 7.09. The Labute approximate surface area is 88.3 Å². The number of aromatic nitrogens is 2. The van der Waals surface area contributed by atoms with Crippen molar-refractivity contribution in [1.82, 2.24) is 14.7 Å². The molecule has 2 heterocycles. The molecule has 78 valence electrons. The minimum Gasteiger partial charge on any atom is -0.358 e. The second-order valence-corrected chi connectivity index (χ2v) is 4.54. The van der Waals surface area contributed by atoms with E-state index in [2.05, 4.69) is 26.9 Å². The van der Waals surface area contributed by atoms with Crippen molar-refractivity contribution in [2.75, 3.05) is 18.4 Å². The largest absolute Gasteiger partial charge is 0.358 e. The molecule has 0 radical (unpaired) electrons. The number of nitrogens with zero attached hydrogens (tertiary/aromatic N) is 2. The average molecular weight is 212 g/mol. The average Bonchev–Trinajstić information content (AvgIpc) is 2.87. The molecule has 1 atom stereocenters. The van der Waals surface area contributed by atoms with Gasteiger partial charge in [-0.3, -0.25) is 0 Å². The molecule has 0 bridgehead atoms. The maximum Gasteiger partial charge on any atom is 0.202 e. The molecule has 1 aliphatic rings. The van der Waals surface area contributed by atoms with Crippen LogP contribution in [0.15, 0.2) is 6.33 Å². The van der Waals surface area contributed by atoms with Crippen molar-refractivity contribution in [2.24, 2.45) is 0 Å². The Morgan fingerprint density at radius 3 is 3.21 bits per heavy atom. The van der Waals surface area contributed by atoms with Crippen LogP contribution in [0.1, 0.15) is 26.2 Å². The maximum atomic E-state index is 4.11. The van der Waals surface area contributed by atoms with Crippen LogP contribution in [0.3, 0.4) is 0 Å². The normalized spacial score (nSPS) is 26.6. The van der Waals surface area contributed by atoms with Crippen molar-refractivity contribution >= 4 is 16.7 Å². The molecule has 1 saturated heterocycles. The summed E-state index contributed by atoms with van der Waals surface area (Å²) in [6, 6.07) is 0. The zero-order valence-electron chi connectivity index (χ0n) is 8.42. The van der Waals surface area contributed by atoms with E-state index in [0.29, 0.717) is 0 Å². The van der Waals surface area contributed by atoms with Crippen molar-refractivity contribution in [2.45, 2.75) is 31.7 Å². The van der Waals surface area contributed by atoms with Crippen LogP contribution in [0, 0.1) is 0 Å². The van der Waals surface area contributed by atoms with Crippen LogP contribution in [0.5, 0.6) is 0 Å². The lowest BCUT2D eigenvalue weighted by molar-refractivity contribution is 0.383. The topological polar surface area (TPSA) is 49.8 Å². The Hall–Kier alpha value is -0.680. The number of hydrogen-bond acceptors (Lipinski definition) is 5. The molecule has 0 saturated carbocycles. The zero-order valence-corrected chi connectivity index (χ0v) is 9.23. The summed E-state index contributed by atoms with van der Waals surface area (Å²) in [7, 11) is 0. The van der Waals surface area contributed by atoms with E-state index in [9.17, 15) is 0 Å². The van der Waals surface area contributed by atoms with Crippen LogP contribution in [-0.4, -0.2) is 28.0 Å². The Morgan fingerprint density at radius 1 is 1.71 bits per heavy atom. The van der Waals surface area contributed by atoms with E-state index in [-0.39, 0.29) is 5.54 Å². The Bertz CT molecular complexity index is 266. The number of anilines is 1. The lowest BCUT2D eigenvalue weighted by Gasteiger charge is -2.28. The third-order valence-corrected chi connectivity index (χ3v) is 3.57. The molecule has 1 aromatic heterocycles. The van der Waals surface area contributed by atoms with E-state index in [1.54, 1.807) is 6.33 Å². The van der Waals surface area contributed by atoms with Crippen LogP contribution in [-0.2, 0) is 0 Å². The first-order valence-corrected chi connectivity index (χ1v) is 5.87. The predicted molar refractivity (Wildman–Crippen MR) is 58.7 cm³/mol. The SMILES string of the molecule is CCC1(CNc2ncns2)CCCN1. The van der Waals surface area contributed by atoms with Crippen LogP contribution >= 0.6 is 11.5 Å². The molecule has 2 rings (SSSR count). The molecule has 5 heteroatoms. The van der Waals surface area contributed by atoms with Crippen molar-refractivity contribution in [1.29, 1.82) is 0 Å². The maximum absolute atomic E-state index is 4.11. The van der Waals surface area contributed by atoms with Gasteiger partial charge in [0, 0.05) is 23.6 Å². The van der Waals surface area contributed by atoms with E-state index in [4.69, 9.17) is 0 Å². The van der Waals surface area contributed by atoms with E-state index < -0.39 is 0 Å². The molecule has 14 heavy (non-hydrogen) atoms. The predicted octanol–water partition coefficient (Wildman–Crippen LogP) is 1.48. The van der Waals surface area contributed by atoms with Crippen LogP contribution in [0.25, 0.3) is 0 Å². The molecule has 0 amide bonds. The molecule has 0 spiro atoms. The van der Waals surface area contributed by atoms with Crippen LogP contribution in [0.4, 0.5) is 5.13 Å². The first-order valence-electron chi connectivity index (χ1n) is 5.10. The standard InChI is InChI=1S/C9H16N4S/c1-2-9(4-3-5-12-9)6-10-8-11-7-13-14-8/h7,12H,2-6H2,1H3,(H,10,11,13). The molecular weight excluding hydrogens is 196 g/mol. The van der Waals surface area contributed by atoms with Crippen molar-refractivity contribution in [3.8, 4) is 0 Å². The Morgan fingerprint density at radius 2 is 2.64 bits per heavy atom. The van der Waals surface area contributed by atoms with E-state index in [1.165, 1.54) is 30.8 Å². The first kappa shape index (κ1) is 9.86. The molecular formula is C9H16N4S. The molecule has 0 aromatic carbocycles. The number of hydrogen-bond donors (Lipinski definition) is 2. The fourth-order valence-electron chi connectivity index (χ4n) is 1.94. The first-order chi connectivity index (χ1) is 6.85. The second kappa shape index (κ2) is 4.23. The molecule has 1 fully saturated rings. The smallest absolute Gasteiger partial charge is 0.202 e. The van der Waals surface area contributed by atoms with Crippen molar-refractivity contribution < 1.29 is 0 Å². The van der Waals surface area contributed by atoms with E-state index in [0.717, 1.165) is 18.2 Å². The number of rotatable bonds is 4. The summed E-state index contributed by atoms with van der Waals surface area (Å²) in [6.07, 6.45) is 5.30. The van der Waals surface area contributed by atoms with Gasteiger partial charge >= 0.3 is 0 Å². The summed E-state index contributed by atoms with van der Waals surface area (Å²) < 4.78 is 3.96. The van der Waals surface area contributed by atoms with E-state index in [1.807, 2.05) is 0 Å². The van der Waals surface area contributed by atoms with Gasteiger partial charge in [0.05, 0.1) is 0 Å². The summed E-state index contributed by atoms with van der Waals surface area (Å²) >= 11 is 1.42. The summed E-state index contributed by atoms with van der Waals surface area (Å²) in [5, 5.41) is 7.84. The van der Waals surface area contributed by atoms with Crippen molar-refractivity contribution in [3.63, 3.8) is 0 Å². The highest BCUT2D eigenvalue weighted by atomic mass is 32.1. The van der Waals surface area contributed by atoms with Gasteiger partial charge in [0.15, 0.2) is 0 Å². The second-order valence-electron chi connectivity index (χ2n) is 3.76. The van der Waals surface area contributed by atoms with Gasteiger partial charge in [0.2, 0.25) is 5.13 Å². The summed E-state index contributed by atoms with van der Waals surface area (Å²) in [5.74, 6) is 0. The summed E-state index contributed by atoms with van der Waals surface area (Å²) in [4.78, 5) is 4.11.